The van der Waals surface area contributed by atoms with Crippen molar-refractivity contribution in [2.45, 2.75) is 11.4 Å². The van der Waals surface area contributed by atoms with Crippen molar-refractivity contribution < 1.29 is 62.6 Å². The molecule has 132 valence electrons. The second-order valence-electron chi connectivity index (χ2n) is 5.62. The van der Waals surface area contributed by atoms with Crippen LogP contribution in [0.15, 0.2) is 41.6 Å². The predicted octanol–water partition coefficient (Wildman–Crippen LogP) is -5.62. The largest absolute Gasteiger partial charge is 1.00 e. The molecule has 11 heteroatoms. The average Bonchev–Trinajstić information content (AvgIpc) is 2.58. The van der Waals surface area contributed by atoms with E-state index >= 15 is 0 Å². The number of hydrogen-bond acceptors (Lipinski definition) is 7. The SMILES string of the molecule is O=C([O-])C1=C(CO)CS(=O)(=O)[C@H]2[C@@H](NC(=O)c3ccccc3)C(=O)N12.[Na+]. The second kappa shape index (κ2) is 7.49. The van der Waals surface area contributed by atoms with Crippen LogP contribution in [0.25, 0.3) is 0 Å². The van der Waals surface area contributed by atoms with Gasteiger partial charge in [0.05, 0.1) is 24.0 Å². The van der Waals surface area contributed by atoms with Crippen LogP contribution in [0, 0.1) is 0 Å². The van der Waals surface area contributed by atoms with E-state index in [1.807, 2.05) is 0 Å². The van der Waals surface area contributed by atoms with Gasteiger partial charge in [-0.05, 0) is 17.7 Å². The number of carbonyl (C=O) groups excluding carboxylic acids is 3. The van der Waals surface area contributed by atoms with Crippen LogP contribution in [-0.4, -0.2) is 60.0 Å². The van der Waals surface area contributed by atoms with E-state index in [4.69, 9.17) is 0 Å². The molecule has 2 amide bonds. The van der Waals surface area contributed by atoms with Crippen LogP contribution >= 0.6 is 0 Å². The summed E-state index contributed by atoms with van der Waals surface area (Å²) in [6.07, 6.45) is 0. The van der Waals surface area contributed by atoms with E-state index in [0.717, 1.165) is 0 Å². The van der Waals surface area contributed by atoms with E-state index in [-0.39, 0.29) is 40.7 Å². The summed E-state index contributed by atoms with van der Waals surface area (Å²) in [5, 5.41) is 21.3. The van der Waals surface area contributed by atoms with Gasteiger partial charge in [0, 0.05) is 5.56 Å². The van der Waals surface area contributed by atoms with Gasteiger partial charge in [-0.1, -0.05) is 18.2 Å². The molecule has 2 aliphatic heterocycles. The van der Waals surface area contributed by atoms with Crippen molar-refractivity contribution in [3.05, 3.63) is 47.2 Å². The number of carboxylic acids is 1. The molecule has 26 heavy (non-hydrogen) atoms. The molecule has 1 saturated heterocycles. The van der Waals surface area contributed by atoms with Crippen molar-refractivity contribution in [3.63, 3.8) is 0 Å². The number of carboxylic acid groups (broad SMARTS) is 1. The van der Waals surface area contributed by atoms with Crippen molar-refractivity contribution in [2.24, 2.45) is 0 Å². The summed E-state index contributed by atoms with van der Waals surface area (Å²) < 4.78 is 24.7. The van der Waals surface area contributed by atoms with Gasteiger partial charge >= 0.3 is 29.6 Å². The molecule has 2 aliphatic rings. The number of hydrogen-bond donors (Lipinski definition) is 2. The van der Waals surface area contributed by atoms with Gasteiger partial charge in [-0.15, -0.1) is 0 Å². The van der Waals surface area contributed by atoms with Crippen LogP contribution in [0.3, 0.4) is 0 Å². The van der Waals surface area contributed by atoms with Gasteiger partial charge in [0.1, 0.15) is 6.04 Å². The number of sulfone groups is 1. The summed E-state index contributed by atoms with van der Waals surface area (Å²) in [5.41, 5.74) is -0.747. The van der Waals surface area contributed by atoms with Crippen molar-refractivity contribution in [1.82, 2.24) is 10.2 Å². The Labute approximate surface area is 170 Å². The van der Waals surface area contributed by atoms with Gasteiger partial charge in [-0.2, -0.15) is 0 Å². The van der Waals surface area contributed by atoms with E-state index in [0.29, 0.717) is 4.90 Å². The van der Waals surface area contributed by atoms with Gasteiger partial charge < -0.3 is 20.3 Å². The molecule has 9 nitrogen and oxygen atoms in total. The topological polar surface area (TPSA) is 144 Å². The van der Waals surface area contributed by atoms with Crippen LogP contribution < -0.4 is 40.0 Å². The zero-order valence-corrected chi connectivity index (χ0v) is 16.5. The summed E-state index contributed by atoms with van der Waals surface area (Å²) >= 11 is 0. The van der Waals surface area contributed by atoms with Crippen molar-refractivity contribution >= 4 is 27.6 Å². The van der Waals surface area contributed by atoms with Gasteiger partial charge in [0.15, 0.2) is 15.2 Å². The van der Waals surface area contributed by atoms with Gasteiger partial charge in [0.2, 0.25) is 0 Å². The Kier molecular flexibility index (Phi) is 5.93. The Morgan fingerprint density at radius 1 is 1.27 bits per heavy atom. The number of aliphatic hydroxyl groups excluding tert-OH is 1. The van der Waals surface area contributed by atoms with E-state index in [1.54, 1.807) is 18.2 Å². The molecule has 2 atom stereocenters. The van der Waals surface area contributed by atoms with Crippen LogP contribution in [0.1, 0.15) is 10.4 Å². The smallest absolute Gasteiger partial charge is 0.543 e. The number of rotatable bonds is 4. The summed E-state index contributed by atoms with van der Waals surface area (Å²) in [7, 11) is -3.98. The third kappa shape index (κ3) is 3.30. The van der Waals surface area contributed by atoms with Crippen LogP contribution in [0.5, 0.6) is 0 Å². The number of nitrogens with zero attached hydrogens (tertiary/aromatic N) is 1. The van der Waals surface area contributed by atoms with Gasteiger partial charge in [-0.25, -0.2) is 8.42 Å². The standard InChI is InChI=1S/C15H14N2O7S.Na/c18-6-9-7-25(23,24)14-10(13(20)17(14)11(9)15(21)22)16-12(19)8-4-2-1-3-5-8;/h1-5,10,14,18H,6-7H2,(H,16,19)(H,21,22);/q;+1/p-1/t10-,14-;/m0./s1. The van der Waals surface area contributed by atoms with E-state index in [1.165, 1.54) is 12.1 Å². The Morgan fingerprint density at radius 3 is 2.42 bits per heavy atom. The summed E-state index contributed by atoms with van der Waals surface area (Å²) in [5.74, 6) is -4.02. The molecule has 0 bridgehead atoms. The van der Waals surface area contributed by atoms with Crippen molar-refractivity contribution in [1.29, 1.82) is 0 Å². The molecule has 0 radical (unpaired) electrons. The number of carbonyl (C=O) groups is 3. The number of β-lactam (4-membered cyclic amide) rings is 1. The predicted molar refractivity (Wildman–Crippen MR) is 81.2 cm³/mol. The van der Waals surface area contributed by atoms with Crippen LogP contribution in [0.4, 0.5) is 0 Å². The maximum Gasteiger partial charge on any atom is 1.00 e. The number of fused-ring (bicyclic) bond motifs is 1. The Hall–Kier alpha value is -1.72. The fourth-order valence-electron chi connectivity index (χ4n) is 2.95. The van der Waals surface area contributed by atoms with E-state index in [9.17, 15) is 33.0 Å². The van der Waals surface area contributed by atoms with Crippen LogP contribution in [-0.2, 0) is 19.4 Å². The molecular formula is C15H13N2NaO7S. The molecular weight excluding hydrogens is 375 g/mol. The number of aliphatic carboxylic acids is 1. The number of nitrogens with one attached hydrogen (secondary N) is 1. The van der Waals surface area contributed by atoms with Crippen molar-refractivity contribution in [3.8, 4) is 0 Å². The normalized spacial score (nSPS) is 23.4. The van der Waals surface area contributed by atoms with Gasteiger partial charge in [0.25, 0.3) is 11.8 Å². The molecule has 2 heterocycles. The summed E-state index contributed by atoms with van der Waals surface area (Å²) in [6.45, 7) is -0.833. The molecule has 0 aromatic heterocycles. The minimum atomic E-state index is -3.98. The molecule has 3 rings (SSSR count). The first-order valence-electron chi connectivity index (χ1n) is 7.22. The number of benzene rings is 1. The molecule has 1 aromatic rings. The first-order valence-corrected chi connectivity index (χ1v) is 8.94. The van der Waals surface area contributed by atoms with E-state index in [2.05, 4.69) is 5.32 Å². The van der Waals surface area contributed by atoms with Crippen LogP contribution in [0.2, 0.25) is 0 Å². The molecule has 1 fully saturated rings. The maximum atomic E-state index is 12.4. The first-order chi connectivity index (χ1) is 11.8. The molecule has 0 spiro atoms. The molecule has 0 saturated carbocycles. The molecule has 0 aliphatic carbocycles. The minimum absolute atomic E-state index is 0. The quantitative estimate of drug-likeness (QED) is 0.387. The monoisotopic (exact) mass is 388 g/mol. The second-order valence-corrected chi connectivity index (χ2v) is 7.72. The van der Waals surface area contributed by atoms with Gasteiger partial charge in [-0.3, -0.25) is 14.5 Å². The summed E-state index contributed by atoms with van der Waals surface area (Å²) in [6, 6.07) is 6.47. The zero-order chi connectivity index (χ0) is 18.4. The third-order valence-corrected chi connectivity index (χ3v) is 6.04. The number of aliphatic hydroxyl groups is 1. The summed E-state index contributed by atoms with van der Waals surface area (Å²) in [4.78, 5) is 36.2. The Morgan fingerprint density at radius 2 is 1.88 bits per heavy atom. The molecule has 2 N–H and O–H groups in total. The van der Waals surface area contributed by atoms with Crippen molar-refractivity contribution in [2.75, 3.05) is 12.4 Å². The fourth-order valence-corrected chi connectivity index (χ4v) is 4.96. The van der Waals surface area contributed by atoms with E-state index < -0.39 is 57.1 Å². The molecule has 1 aromatic carbocycles. The third-order valence-electron chi connectivity index (χ3n) is 4.07. The minimum Gasteiger partial charge on any atom is -0.543 e. The average molecular weight is 388 g/mol. The first kappa shape index (κ1) is 20.6. The fraction of sp³-hybridized carbons (Fsp3) is 0.267. The Balaban J connectivity index is 0.00000243. The number of amides is 2. The zero-order valence-electron chi connectivity index (χ0n) is 13.7. The molecule has 0 unspecified atom stereocenters. The Bertz CT molecular complexity index is 898. The maximum absolute atomic E-state index is 12.4.